The molecule has 2 aromatic heterocycles. The molecule has 0 atom stereocenters. The molecule has 0 unspecified atom stereocenters. The number of fused-ring (bicyclic) bond motifs is 2. The Labute approximate surface area is 305 Å². The van der Waals surface area contributed by atoms with Crippen LogP contribution in [-0.2, 0) is 40.8 Å². The number of halogens is 2. The van der Waals surface area contributed by atoms with Crippen molar-refractivity contribution in [3.05, 3.63) is 46.9 Å². The van der Waals surface area contributed by atoms with E-state index in [-0.39, 0.29) is 29.3 Å². The highest BCUT2D eigenvalue weighted by atomic mass is 19.3. The minimum atomic E-state index is -2.66. The number of hydrogen-bond acceptors (Lipinski definition) is 6. The molecule has 0 saturated carbocycles. The minimum Gasteiger partial charge on any atom is -0.370 e. The Morgan fingerprint density at radius 1 is 0.904 bits per heavy atom. The number of carbonyl (C=O) groups is 3. The van der Waals surface area contributed by atoms with E-state index in [9.17, 15) is 23.2 Å². The number of aryl methyl sites for hydroxylation is 2. The van der Waals surface area contributed by atoms with Gasteiger partial charge in [0.25, 0.3) is 6.43 Å². The lowest BCUT2D eigenvalue weighted by Gasteiger charge is -2.34. The molecule has 0 bridgehead atoms. The molecule has 0 spiro atoms. The number of primary amides is 1. The fraction of sp³-hybridized carbons (Fsp3) is 0.615. The van der Waals surface area contributed by atoms with Gasteiger partial charge >= 0.3 is 0 Å². The number of likely N-dealkylation sites (tertiary alicyclic amines) is 1. The van der Waals surface area contributed by atoms with Gasteiger partial charge in [-0.2, -0.15) is 10.2 Å². The molecule has 1 fully saturated rings. The third-order valence-corrected chi connectivity index (χ3v) is 11.1. The van der Waals surface area contributed by atoms with Crippen LogP contribution in [0, 0.1) is 0 Å². The monoisotopic (exact) mass is 720 g/mol. The summed E-state index contributed by atoms with van der Waals surface area (Å²) in [4.78, 5) is 42.4. The van der Waals surface area contributed by atoms with Crippen LogP contribution in [0.4, 0.5) is 20.3 Å². The molecule has 282 valence electrons. The summed E-state index contributed by atoms with van der Waals surface area (Å²) in [5.41, 5.74) is 10.2. The molecular formula is C39H54F2N8O3. The van der Waals surface area contributed by atoms with Gasteiger partial charge in [-0.25, -0.2) is 8.78 Å². The third kappa shape index (κ3) is 8.66. The molecule has 5 heterocycles. The molecule has 3 aliphatic heterocycles. The number of rotatable bonds is 15. The Hall–Kier alpha value is -4.29. The van der Waals surface area contributed by atoms with Crippen molar-refractivity contribution in [2.75, 3.05) is 31.1 Å². The SMILES string of the molecule is CC(=O)N1CCc2c(c(N3CCCc4cc(-c5cnn(C)c5)c(C(F)F)cc43)nn2C2CCN(C(=O)CCCCCCCCCCC(N)=O)CC2)C1. The number of nitrogens with two attached hydrogens (primary N) is 1. The Morgan fingerprint density at radius 3 is 2.23 bits per heavy atom. The Bertz CT molecular complexity index is 1730. The normalized spacial score (nSPS) is 16.4. The zero-order chi connectivity index (χ0) is 36.8. The standard InChI is InChI=1S/C39H54F2N8O3/c1-27(50)47-21-17-34-33(26-47)39(48-18-11-12-28-22-31(29-24-43-45(2)25-29)32(38(40)41)23-35(28)48)44-49(34)30-15-19-46(20-16-30)37(52)14-10-8-6-4-3-5-7-9-13-36(42)51/h22-25,30,38H,3-21,26H2,1-2H3,(H2,42,51). The van der Waals surface area contributed by atoms with Crippen molar-refractivity contribution < 1.29 is 23.2 Å². The molecule has 13 heteroatoms. The molecule has 3 aliphatic rings. The fourth-order valence-corrected chi connectivity index (χ4v) is 8.23. The van der Waals surface area contributed by atoms with Gasteiger partial charge in [-0.3, -0.25) is 23.7 Å². The van der Waals surface area contributed by atoms with Crippen LogP contribution >= 0.6 is 0 Å². The predicted molar refractivity (Wildman–Crippen MR) is 196 cm³/mol. The van der Waals surface area contributed by atoms with Crippen molar-refractivity contribution in [2.24, 2.45) is 12.8 Å². The lowest BCUT2D eigenvalue weighted by molar-refractivity contribution is -0.132. The molecule has 1 aromatic carbocycles. The average Bonchev–Trinajstić information content (AvgIpc) is 3.74. The van der Waals surface area contributed by atoms with Crippen molar-refractivity contribution in [1.82, 2.24) is 29.4 Å². The Kier molecular flexibility index (Phi) is 12.3. The second-order valence-electron chi connectivity index (χ2n) is 14.8. The number of carbonyl (C=O) groups excluding carboxylic acids is 3. The van der Waals surface area contributed by atoms with E-state index in [0.29, 0.717) is 63.1 Å². The van der Waals surface area contributed by atoms with Gasteiger partial charge in [0.2, 0.25) is 17.7 Å². The highest BCUT2D eigenvalue weighted by Gasteiger charge is 2.35. The van der Waals surface area contributed by atoms with Crippen LogP contribution in [0.1, 0.15) is 125 Å². The van der Waals surface area contributed by atoms with Crippen molar-refractivity contribution in [3.63, 3.8) is 0 Å². The van der Waals surface area contributed by atoms with Gasteiger partial charge in [0, 0.05) is 93.7 Å². The quantitative estimate of drug-likeness (QED) is 0.173. The lowest BCUT2D eigenvalue weighted by Crippen LogP contribution is -2.40. The Morgan fingerprint density at radius 2 is 1.60 bits per heavy atom. The maximum absolute atomic E-state index is 14.6. The summed E-state index contributed by atoms with van der Waals surface area (Å²) in [6.45, 7) is 4.65. The molecule has 52 heavy (non-hydrogen) atoms. The van der Waals surface area contributed by atoms with Gasteiger partial charge in [0.1, 0.15) is 0 Å². The number of alkyl halides is 2. The fourth-order valence-electron chi connectivity index (χ4n) is 8.23. The summed E-state index contributed by atoms with van der Waals surface area (Å²) >= 11 is 0. The summed E-state index contributed by atoms with van der Waals surface area (Å²) < 4.78 is 33.0. The van der Waals surface area contributed by atoms with E-state index >= 15 is 0 Å². The Balaban J connectivity index is 1.12. The van der Waals surface area contributed by atoms with Crippen molar-refractivity contribution in [2.45, 2.75) is 122 Å². The number of amides is 3. The van der Waals surface area contributed by atoms with E-state index in [0.717, 1.165) is 105 Å². The maximum Gasteiger partial charge on any atom is 0.264 e. The second-order valence-corrected chi connectivity index (χ2v) is 14.8. The van der Waals surface area contributed by atoms with Crippen LogP contribution in [0.15, 0.2) is 24.5 Å². The molecule has 0 aliphatic carbocycles. The second kappa shape index (κ2) is 17.0. The van der Waals surface area contributed by atoms with Crippen molar-refractivity contribution in [3.8, 4) is 11.1 Å². The van der Waals surface area contributed by atoms with Crippen molar-refractivity contribution >= 4 is 29.2 Å². The van der Waals surface area contributed by atoms with Crippen molar-refractivity contribution in [1.29, 1.82) is 0 Å². The minimum absolute atomic E-state index is 0.00776. The van der Waals surface area contributed by atoms with Gasteiger partial charge in [0.15, 0.2) is 5.82 Å². The van der Waals surface area contributed by atoms with Gasteiger partial charge in [-0.05, 0) is 61.8 Å². The first-order valence-corrected chi connectivity index (χ1v) is 19.2. The summed E-state index contributed by atoms with van der Waals surface area (Å²) in [5, 5.41) is 9.47. The van der Waals surface area contributed by atoms with E-state index in [1.165, 1.54) is 0 Å². The third-order valence-electron chi connectivity index (χ3n) is 11.1. The van der Waals surface area contributed by atoms with Gasteiger partial charge < -0.3 is 20.4 Å². The predicted octanol–water partition coefficient (Wildman–Crippen LogP) is 6.76. The number of unbranched alkanes of at least 4 members (excludes halogenated alkanes) is 7. The van der Waals surface area contributed by atoms with Gasteiger partial charge in [-0.1, -0.05) is 38.5 Å². The van der Waals surface area contributed by atoms with E-state index in [4.69, 9.17) is 10.8 Å². The van der Waals surface area contributed by atoms with Crippen LogP contribution in [0.25, 0.3) is 11.1 Å². The first-order valence-electron chi connectivity index (χ1n) is 19.2. The number of hydrogen-bond donors (Lipinski definition) is 1. The number of aromatic nitrogens is 4. The molecule has 0 radical (unpaired) electrons. The zero-order valence-electron chi connectivity index (χ0n) is 30.8. The lowest BCUT2D eigenvalue weighted by atomic mass is 9.92. The van der Waals surface area contributed by atoms with Crippen LogP contribution in [0.3, 0.4) is 0 Å². The molecule has 11 nitrogen and oxygen atoms in total. The van der Waals surface area contributed by atoms with E-state index in [1.54, 1.807) is 37.1 Å². The summed E-state index contributed by atoms with van der Waals surface area (Å²) in [6, 6.07) is 3.65. The zero-order valence-corrected chi connectivity index (χ0v) is 30.8. The molecule has 2 N–H and O–H groups in total. The highest BCUT2D eigenvalue weighted by molar-refractivity contribution is 5.78. The highest BCUT2D eigenvalue weighted by Crippen LogP contribution is 2.43. The van der Waals surface area contributed by atoms with Crippen LogP contribution < -0.4 is 10.6 Å². The summed E-state index contributed by atoms with van der Waals surface area (Å²) in [6.07, 6.45) is 14.1. The van der Waals surface area contributed by atoms with Crippen LogP contribution in [0.5, 0.6) is 0 Å². The maximum atomic E-state index is 14.6. The van der Waals surface area contributed by atoms with Crippen LogP contribution in [0.2, 0.25) is 0 Å². The van der Waals surface area contributed by atoms with Gasteiger partial charge in [0.05, 0.1) is 18.8 Å². The number of nitrogens with zero attached hydrogens (tertiary/aromatic N) is 7. The number of anilines is 2. The average molecular weight is 721 g/mol. The molecule has 6 rings (SSSR count). The summed E-state index contributed by atoms with van der Waals surface area (Å²) in [5.74, 6) is 0.750. The number of piperidine rings is 1. The molecular weight excluding hydrogens is 666 g/mol. The van der Waals surface area contributed by atoms with E-state index in [2.05, 4.69) is 14.7 Å². The van der Waals surface area contributed by atoms with E-state index in [1.807, 2.05) is 15.9 Å². The topological polar surface area (TPSA) is 123 Å². The smallest absolute Gasteiger partial charge is 0.264 e. The number of benzene rings is 1. The first kappa shape index (κ1) is 37.5. The first-order chi connectivity index (χ1) is 25.1. The van der Waals surface area contributed by atoms with E-state index < -0.39 is 6.43 Å². The largest absolute Gasteiger partial charge is 0.370 e. The molecule has 3 amide bonds. The van der Waals surface area contributed by atoms with Gasteiger partial charge in [-0.15, -0.1) is 0 Å². The summed E-state index contributed by atoms with van der Waals surface area (Å²) in [7, 11) is 1.78. The molecule has 1 saturated heterocycles. The van der Waals surface area contributed by atoms with Crippen LogP contribution in [-0.4, -0.2) is 73.3 Å². The molecule has 3 aromatic rings.